The molecule has 0 radical (unpaired) electrons. The van der Waals surface area contributed by atoms with Crippen LogP contribution in [0.1, 0.15) is 5.56 Å². The molecule has 1 aromatic heterocycles. The molecule has 0 saturated heterocycles. The molecule has 0 unspecified atom stereocenters. The van der Waals surface area contributed by atoms with Gasteiger partial charge in [0.2, 0.25) is 5.96 Å². The molecule has 0 aliphatic rings. The van der Waals surface area contributed by atoms with Gasteiger partial charge < -0.3 is 10.5 Å². The van der Waals surface area contributed by atoms with Gasteiger partial charge in [0.25, 0.3) is 0 Å². The second kappa shape index (κ2) is 5.62. The van der Waals surface area contributed by atoms with Crippen molar-refractivity contribution in [2.75, 3.05) is 7.11 Å². The first-order valence-corrected chi connectivity index (χ1v) is 6.51. The van der Waals surface area contributed by atoms with Crippen LogP contribution in [0.3, 0.4) is 0 Å². The number of para-hydroxylation sites is 1. The lowest BCUT2D eigenvalue weighted by Gasteiger charge is -2.03. The number of rotatable bonds is 3. The molecule has 0 aliphatic carbocycles. The Labute approximate surface area is 121 Å². The molecule has 6 heteroatoms. The van der Waals surface area contributed by atoms with Crippen LogP contribution in [0.25, 0.3) is 11.0 Å². The molecule has 6 nitrogen and oxygen atoms in total. The molecule has 3 rings (SSSR count). The Morgan fingerprint density at radius 1 is 1.19 bits per heavy atom. The van der Waals surface area contributed by atoms with E-state index < -0.39 is 0 Å². The Hall–Kier alpha value is -2.89. The van der Waals surface area contributed by atoms with Crippen LogP contribution in [0.5, 0.6) is 5.75 Å². The highest BCUT2D eigenvalue weighted by Crippen LogP contribution is 2.12. The van der Waals surface area contributed by atoms with Gasteiger partial charge in [0.05, 0.1) is 19.2 Å². The summed E-state index contributed by atoms with van der Waals surface area (Å²) in [5.41, 5.74) is 8.67. The summed E-state index contributed by atoms with van der Waals surface area (Å²) in [4.78, 5) is 4.36. The van der Waals surface area contributed by atoms with Crippen molar-refractivity contribution in [2.24, 2.45) is 10.7 Å². The standard InChI is InChI=1S/C15H15N5O/c1-21-12-8-6-11(7-9-12)10-17-15(16)20-14-5-3-2-4-13(14)18-19-20/h2-9H,10H2,1H3,(H2,16,17). The number of fused-ring (bicyclic) bond motifs is 1. The normalized spacial score (nSPS) is 11.8. The topological polar surface area (TPSA) is 78.3 Å². The van der Waals surface area contributed by atoms with Crippen molar-refractivity contribution in [3.8, 4) is 5.75 Å². The van der Waals surface area contributed by atoms with Crippen molar-refractivity contribution in [1.82, 2.24) is 15.0 Å². The van der Waals surface area contributed by atoms with E-state index in [2.05, 4.69) is 15.3 Å². The molecule has 0 aliphatic heterocycles. The fraction of sp³-hybridized carbons (Fsp3) is 0.133. The summed E-state index contributed by atoms with van der Waals surface area (Å²) in [6.07, 6.45) is 0. The number of aromatic nitrogens is 3. The van der Waals surface area contributed by atoms with Crippen LogP contribution in [0.2, 0.25) is 0 Å². The Morgan fingerprint density at radius 2 is 1.95 bits per heavy atom. The number of hydrogen-bond acceptors (Lipinski definition) is 4. The predicted octanol–water partition coefficient (Wildman–Crippen LogP) is 1.80. The first kappa shape index (κ1) is 13.1. The van der Waals surface area contributed by atoms with Gasteiger partial charge in [0, 0.05) is 0 Å². The molecular formula is C15H15N5O. The zero-order valence-corrected chi connectivity index (χ0v) is 11.6. The van der Waals surface area contributed by atoms with Crippen LogP contribution in [0, 0.1) is 0 Å². The van der Waals surface area contributed by atoms with Gasteiger partial charge in [-0.05, 0) is 29.8 Å². The summed E-state index contributed by atoms with van der Waals surface area (Å²) in [7, 11) is 1.64. The van der Waals surface area contributed by atoms with Crippen LogP contribution in [-0.4, -0.2) is 28.1 Å². The zero-order chi connectivity index (χ0) is 14.7. The second-order valence-corrected chi connectivity index (χ2v) is 4.51. The van der Waals surface area contributed by atoms with Crippen molar-refractivity contribution >= 4 is 17.0 Å². The van der Waals surface area contributed by atoms with E-state index in [0.717, 1.165) is 22.3 Å². The maximum absolute atomic E-state index is 6.00. The Bertz CT molecular complexity index is 776. The first-order chi connectivity index (χ1) is 10.3. The zero-order valence-electron chi connectivity index (χ0n) is 11.6. The summed E-state index contributed by atoms with van der Waals surface area (Å²) in [5.74, 6) is 1.14. The van der Waals surface area contributed by atoms with Crippen molar-refractivity contribution < 1.29 is 4.74 Å². The van der Waals surface area contributed by atoms with E-state index in [1.807, 2.05) is 48.5 Å². The smallest absolute Gasteiger partial charge is 0.218 e. The van der Waals surface area contributed by atoms with Gasteiger partial charge in [-0.2, -0.15) is 4.68 Å². The molecule has 0 saturated carbocycles. The monoisotopic (exact) mass is 281 g/mol. The third-order valence-electron chi connectivity index (χ3n) is 3.15. The van der Waals surface area contributed by atoms with Gasteiger partial charge in [0.1, 0.15) is 11.3 Å². The van der Waals surface area contributed by atoms with Gasteiger partial charge in [-0.25, -0.2) is 4.99 Å². The van der Waals surface area contributed by atoms with Crippen LogP contribution < -0.4 is 10.5 Å². The van der Waals surface area contributed by atoms with Crippen LogP contribution in [-0.2, 0) is 6.54 Å². The minimum atomic E-state index is 0.319. The molecule has 106 valence electrons. The summed E-state index contributed by atoms with van der Waals surface area (Å²) >= 11 is 0. The van der Waals surface area contributed by atoms with Gasteiger partial charge >= 0.3 is 0 Å². The fourth-order valence-electron chi connectivity index (χ4n) is 2.01. The maximum Gasteiger partial charge on any atom is 0.218 e. The Morgan fingerprint density at radius 3 is 2.71 bits per heavy atom. The molecular weight excluding hydrogens is 266 g/mol. The number of benzene rings is 2. The summed E-state index contributed by atoms with van der Waals surface area (Å²) in [6.45, 7) is 0.476. The number of hydrogen-bond donors (Lipinski definition) is 1. The van der Waals surface area contributed by atoms with E-state index in [-0.39, 0.29) is 0 Å². The number of nitrogens with zero attached hydrogens (tertiary/aromatic N) is 4. The SMILES string of the molecule is COc1ccc(CN=C(N)n2nnc3ccccc32)cc1. The van der Waals surface area contributed by atoms with Crippen LogP contribution in [0.4, 0.5) is 0 Å². The van der Waals surface area contributed by atoms with E-state index in [9.17, 15) is 0 Å². The van der Waals surface area contributed by atoms with Crippen molar-refractivity contribution in [3.05, 3.63) is 54.1 Å². The van der Waals surface area contributed by atoms with E-state index >= 15 is 0 Å². The lowest BCUT2D eigenvalue weighted by molar-refractivity contribution is 0.414. The highest BCUT2D eigenvalue weighted by molar-refractivity contribution is 5.89. The highest BCUT2D eigenvalue weighted by atomic mass is 16.5. The fourth-order valence-corrected chi connectivity index (χ4v) is 2.01. The maximum atomic E-state index is 6.00. The number of aliphatic imine (C=N–C) groups is 1. The molecule has 0 atom stereocenters. The molecule has 2 aromatic carbocycles. The lowest BCUT2D eigenvalue weighted by atomic mass is 10.2. The predicted molar refractivity (Wildman–Crippen MR) is 81.2 cm³/mol. The number of nitrogens with two attached hydrogens (primary N) is 1. The van der Waals surface area contributed by atoms with E-state index in [1.54, 1.807) is 11.8 Å². The number of methoxy groups -OCH3 is 1. The van der Waals surface area contributed by atoms with E-state index in [0.29, 0.717) is 12.5 Å². The van der Waals surface area contributed by atoms with E-state index in [4.69, 9.17) is 10.5 Å². The van der Waals surface area contributed by atoms with Crippen molar-refractivity contribution in [2.45, 2.75) is 6.54 Å². The largest absolute Gasteiger partial charge is 0.497 e. The van der Waals surface area contributed by atoms with Crippen LogP contribution in [0.15, 0.2) is 53.5 Å². The van der Waals surface area contributed by atoms with Gasteiger partial charge in [-0.3, -0.25) is 0 Å². The van der Waals surface area contributed by atoms with Crippen LogP contribution >= 0.6 is 0 Å². The Kier molecular flexibility index (Phi) is 3.51. The molecule has 0 bridgehead atoms. The average molecular weight is 281 g/mol. The average Bonchev–Trinajstić information content (AvgIpc) is 2.97. The lowest BCUT2D eigenvalue weighted by Crippen LogP contribution is -2.23. The third kappa shape index (κ3) is 2.69. The molecule has 1 heterocycles. The molecule has 2 N–H and O–H groups in total. The summed E-state index contributed by atoms with van der Waals surface area (Å²) in [6, 6.07) is 15.3. The third-order valence-corrected chi connectivity index (χ3v) is 3.15. The summed E-state index contributed by atoms with van der Waals surface area (Å²) in [5, 5.41) is 8.08. The second-order valence-electron chi connectivity index (χ2n) is 4.51. The molecule has 0 amide bonds. The highest BCUT2D eigenvalue weighted by Gasteiger charge is 2.06. The van der Waals surface area contributed by atoms with Crippen molar-refractivity contribution in [1.29, 1.82) is 0 Å². The Balaban J connectivity index is 1.82. The van der Waals surface area contributed by atoms with Gasteiger partial charge in [0.15, 0.2) is 0 Å². The molecule has 3 aromatic rings. The van der Waals surface area contributed by atoms with Gasteiger partial charge in [-0.1, -0.05) is 29.5 Å². The molecule has 0 fully saturated rings. The van der Waals surface area contributed by atoms with Gasteiger partial charge in [-0.15, -0.1) is 5.10 Å². The minimum absolute atomic E-state index is 0.319. The number of ether oxygens (including phenoxy) is 1. The summed E-state index contributed by atoms with van der Waals surface area (Å²) < 4.78 is 6.66. The molecule has 21 heavy (non-hydrogen) atoms. The first-order valence-electron chi connectivity index (χ1n) is 6.51. The quantitative estimate of drug-likeness (QED) is 0.586. The van der Waals surface area contributed by atoms with E-state index in [1.165, 1.54) is 0 Å². The molecule has 0 spiro atoms. The minimum Gasteiger partial charge on any atom is -0.497 e. The van der Waals surface area contributed by atoms with Crippen molar-refractivity contribution in [3.63, 3.8) is 0 Å².